The van der Waals surface area contributed by atoms with Crippen LogP contribution >= 0.6 is 0 Å². The van der Waals surface area contributed by atoms with Crippen LogP contribution in [0.15, 0.2) is 77.8 Å². The van der Waals surface area contributed by atoms with E-state index in [1.165, 1.54) is 0 Å². The summed E-state index contributed by atoms with van der Waals surface area (Å²) < 4.78 is 31.1. The first kappa shape index (κ1) is 18.5. The first-order valence-corrected chi connectivity index (χ1v) is 10.6. The van der Waals surface area contributed by atoms with Gasteiger partial charge in [-0.3, -0.25) is 4.72 Å². The van der Waals surface area contributed by atoms with Crippen molar-refractivity contribution in [3.8, 4) is 0 Å². The van der Waals surface area contributed by atoms with Crippen molar-refractivity contribution < 1.29 is 8.42 Å². The van der Waals surface area contributed by atoms with Crippen molar-refractivity contribution >= 4 is 37.4 Å². The first-order chi connectivity index (χ1) is 13.2. The molecule has 6 heteroatoms. The Bertz CT molecular complexity index is 1260. The quantitative estimate of drug-likeness (QED) is 0.530. The SMILES string of the molecule is CC(C)(N)Cn1ccc2c(NS(=O)(=O)c3cccc4ccccc34)cccc21. The standard InChI is InChI=1S/C22H23N3O2S/c1-22(2,23)15-25-14-13-18-19(10-6-11-20(18)25)24-28(26,27)21-12-5-8-16-7-3-4-9-17(16)21/h3-14,24H,15,23H2,1-2H3. The fourth-order valence-electron chi connectivity index (χ4n) is 3.52. The second-order valence-corrected chi connectivity index (χ2v) is 9.40. The van der Waals surface area contributed by atoms with E-state index in [-0.39, 0.29) is 10.4 Å². The number of hydrogen-bond donors (Lipinski definition) is 2. The van der Waals surface area contributed by atoms with Crippen molar-refractivity contribution in [2.24, 2.45) is 5.73 Å². The van der Waals surface area contributed by atoms with Crippen LogP contribution in [0.25, 0.3) is 21.7 Å². The van der Waals surface area contributed by atoms with Gasteiger partial charge in [0.1, 0.15) is 0 Å². The fourth-order valence-corrected chi connectivity index (χ4v) is 4.83. The molecule has 0 amide bonds. The van der Waals surface area contributed by atoms with Gasteiger partial charge in [-0.1, -0.05) is 42.5 Å². The lowest BCUT2D eigenvalue weighted by atomic mass is 10.1. The lowest BCUT2D eigenvalue weighted by molar-refractivity contribution is 0.441. The van der Waals surface area contributed by atoms with Gasteiger partial charge < -0.3 is 10.3 Å². The van der Waals surface area contributed by atoms with Crippen LogP contribution in [0, 0.1) is 0 Å². The zero-order valence-corrected chi connectivity index (χ0v) is 16.7. The summed E-state index contributed by atoms with van der Waals surface area (Å²) in [5, 5.41) is 2.43. The molecule has 0 aliphatic carbocycles. The lowest BCUT2D eigenvalue weighted by Gasteiger charge is -2.20. The third-order valence-corrected chi connectivity index (χ3v) is 6.10. The monoisotopic (exact) mass is 393 g/mol. The first-order valence-electron chi connectivity index (χ1n) is 9.12. The van der Waals surface area contributed by atoms with Crippen molar-refractivity contribution in [2.75, 3.05) is 4.72 Å². The molecule has 4 aromatic rings. The number of sulfonamides is 1. The van der Waals surface area contributed by atoms with E-state index in [0.29, 0.717) is 17.6 Å². The van der Waals surface area contributed by atoms with Crippen molar-refractivity contribution in [1.29, 1.82) is 0 Å². The molecule has 0 unspecified atom stereocenters. The summed E-state index contributed by atoms with van der Waals surface area (Å²) in [6.07, 6.45) is 1.94. The van der Waals surface area contributed by atoms with Crippen LogP contribution in [-0.2, 0) is 16.6 Å². The van der Waals surface area contributed by atoms with Gasteiger partial charge in [0, 0.05) is 29.1 Å². The van der Waals surface area contributed by atoms with E-state index in [1.807, 2.05) is 73.1 Å². The van der Waals surface area contributed by atoms with Gasteiger partial charge in [0.15, 0.2) is 0 Å². The van der Waals surface area contributed by atoms with E-state index in [0.717, 1.165) is 16.3 Å². The van der Waals surface area contributed by atoms with Gasteiger partial charge in [-0.05, 0) is 43.5 Å². The molecule has 3 aromatic carbocycles. The fraction of sp³-hybridized carbons (Fsp3) is 0.182. The molecule has 0 spiro atoms. The second kappa shape index (κ2) is 6.65. The molecule has 0 radical (unpaired) electrons. The largest absolute Gasteiger partial charge is 0.346 e. The molecular weight excluding hydrogens is 370 g/mol. The number of fused-ring (bicyclic) bond motifs is 2. The van der Waals surface area contributed by atoms with Crippen LogP contribution < -0.4 is 10.5 Å². The van der Waals surface area contributed by atoms with E-state index in [1.54, 1.807) is 18.2 Å². The van der Waals surface area contributed by atoms with Crippen LogP contribution in [0.4, 0.5) is 5.69 Å². The molecule has 28 heavy (non-hydrogen) atoms. The Labute approximate surface area is 164 Å². The molecule has 0 saturated carbocycles. The van der Waals surface area contributed by atoms with Gasteiger partial charge in [0.25, 0.3) is 10.0 Å². The predicted molar refractivity (Wildman–Crippen MR) is 115 cm³/mol. The summed E-state index contributed by atoms with van der Waals surface area (Å²) in [7, 11) is -3.74. The van der Waals surface area contributed by atoms with Gasteiger partial charge >= 0.3 is 0 Å². The summed E-state index contributed by atoms with van der Waals surface area (Å²) in [5.74, 6) is 0. The normalized spacial score (nSPS) is 12.5. The van der Waals surface area contributed by atoms with E-state index in [2.05, 4.69) is 4.72 Å². The summed E-state index contributed by atoms with van der Waals surface area (Å²) in [4.78, 5) is 0.269. The highest BCUT2D eigenvalue weighted by Gasteiger charge is 2.19. The third-order valence-electron chi connectivity index (χ3n) is 4.68. The number of nitrogens with two attached hydrogens (primary N) is 1. The number of benzene rings is 3. The van der Waals surface area contributed by atoms with E-state index in [4.69, 9.17) is 5.73 Å². The number of nitrogens with zero attached hydrogens (tertiary/aromatic N) is 1. The summed E-state index contributed by atoms with van der Waals surface area (Å²) in [6.45, 7) is 4.56. The Kier molecular flexibility index (Phi) is 4.40. The number of anilines is 1. The zero-order chi connectivity index (χ0) is 19.9. The Morgan fingerprint density at radius 1 is 0.929 bits per heavy atom. The maximum absolute atomic E-state index is 13.2. The number of rotatable bonds is 5. The Morgan fingerprint density at radius 3 is 2.43 bits per heavy atom. The highest BCUT2D eigenvalue weighted by molar-refractivity contribution is 7.93. The molecule has 3 N–H and O–H groups in total. The minimum absolute atomic E-state index is 0.269. The molecule has 5 nitrogen and oxygen atoms in total. The van der Waals surface area contributed by atoms with Crippen molar-refractivity contribution in [2.45, 2.75) is 30.8 Å². The highest BCUT2D eigenvalue weighted by Crippen LogP contribution is 2.29. The van der Waals surface area contributed by atoms with E-state index < -0.39 is 10.0 Å². The minimum atomic E-state index is -3.74. The maximum atomic E-state index is 13.2. The van der Waals surface area contributed by atoms with Gasteiger partial charge in [0.2, 0.25) is 0 Å². The Hall–Kier alpha value is -2.83. The van der Waals surface area contributed by atoms with Gasteiger partial charge in [-0.15, -0.1) is 0 Å². The summed E-state index contributed by atoms with van der Waals surface area (Å²) in [6, 6.07) is 20.3. The van der Waals surface area contributed by atoms with Gasteiger partial charge in [0.05, 0.1) is 16.1 Å². The molecule has 0 aliphatic rings. The van der Waals surface area contributed by atoms with Crippen LogP contribution in [0.2, 0.25) is 0 Å². The number of aromatic nitrogens is 1. The van der Waals surface area contributed by atoms with Crippen LogP contribution in [-0.4, -0.2) is 18.5 Å². The molecule has 0 bridgehead atoms. The van der Waals surface area contributed by atoms with Crippen molar-refractivity contribution in [3.63, 3.8) is 0 Å². The molecule has 4 rings (SSSR count). The number of nitrogens with one attached hydrogen (secondary N) is 1. The molecule has 0 aliphatic heterocycles. The van der Waals surface area contributed by atoms with E-state index >= 15 is 0 Å². The molecule has 0 saturated heterocycles. The summed E-state index contributed by atoms with van der Waals surface area (Å²) >= 11 is 0. The average molecular weight is 394 g/mol. The maximum Gasteiger partial charge on any atom is 0.262 e. The van der Waals surface area contributed by atoms with Crippen LogP contribution in [0.5, 0.6) is 0 Å². The van der Waals surface area contributed by atoms with Crippen molar-refractivity contribution in [3.05, 3.63) is 72.9 Å². The highest BCUT2D eigenvalue weighted by atomic mass is 32.2. The topological polar surface area (TPSA) is 77.1 Å². The molecule has 144 valence electrons. The van der Waals surface area contributed by atoms with Gasteiger partial charge in [-0.2, -0.15) is 0 Å². The van der Waals surface area contributed by atoms with Crippen LogP contribution in [0.3, 0.4) is 0 Å². The van der Waals surface area contributed by atoms with Gasteiger partial charge in [-0.25, -0.2) is 8.42 Å². The molecule has 0 fully saturated rings. The average Bonchev–Trinajstić information content (AvgIpc) is 3.03. The minimum Gasteiger partial charge on any atom is -0.346 e. The predicted octanol–water partition coefficient (Wildman–Crippen LogP) is 4.33. The number of hydrogen-bond acceptors (Lipinski definition) is 3. The van der Waals surface area contributed by atoms with Crippen molar-refractivity contribution in [1.82, 2.24) is 4.57 Å². The third kappa shape index (κ3) is 3.48. The molecular formula is C22H23N3O2S. The Balaban J connectivity index is 1.77. The van der Waals surface area contributed by atoms with Crippen LogP contribution in [0.1, 0.15) is 13.8 Å². The Morgan fingerprint density at radius 2 is 1.64 bits per heavy atom. The lowest BCUT2D eigenvalue weighted by Crippen LogP contribution is -2.36. The smallest absolute Gasteiger partial charge is 0.262 e. The second-order valence-electron chi connectivity index (χ2n) is 7.75. The van der Waals surface area contributed by atoms with E-state index in [9.17, 15) is 8.42 Å². The molecule has 0 atom stereocenters. The molecule has 1 heterocycles. The molecule has 1 aromatic heterocycles. The zero-order valence-electron chi connectivity index (χ0n) is 15.9. The summed E-state index contributed by atoms with van der Waals surface area (Å²) in [5.41, 5.74) is 7.28.